The van der Waals surface area contributed by atoms with E-state index in [4.69, 9.17) is 5.73 Å². The third-order valence-corrected chi connectivity index (χ3v) is 6.63. The summed E-state index contributed by atoms with van der Waals surface area (Å²) in [6.45, 7) is 9.24. The maximum atomic E-state index is 6.00. The predicted octanol–water partition coefficient (Wildman–Crippen LogP) is 4.72. The molecule has 3 N–H and O–H groups in total. The first-order valence-corrected chi connectivity index (χ1v) is 10.5. The minimum atomic E-state index is 0.584. The van der Waals surface area contributed by atoms with Crippen LogP contribution in [0.3, 0.4) is 0 Å². The molecular formula is C20H26BrN3S. The van der Waals surface area contributed by atoms with Gasteiger partial charge in [0.05, 0.1) is 0 Å². The van der Waals surface area contributed by atoms with Crippen LogP contribution in [-0.4, -0.2) is 31.1 Å². The van der Waals surface area contributed by atoms with Crippen LogP contribution in [0.4, 0.5) is 5.69 Å². The molecule has 0 unspecified atom stereocenters. The topological polar surface area (TPSA) is 41.3 Å². The molecule has 0 spiro atoms. The molecule has 134 valence electrons. The lowest BCUT2D eigenvalue weighted by molar-refractivity contribution is 0.316. The molecule has 1 heterocycles. The zero-order chi connectivity index (χ0) is 17.8. The van der Waals surface area contributed by atoms with Crippen molar-refractivity contribution in [3.05, 3.63) is 51.5 Å². The Morgan fingerprint density at radius 1 is 1.20 bits per heavy atom. The summed E-state index contributed by atoms with van der Waals surface area (Å²) in [5, 5.41) is 3.66. The van der Waals surface area contributed by atoms with Gasteiger partial charge in [-0.25, -0.2) is 0 Å². The summed E-state index contributed by atoms with van der Waals surface area (Å²) in [5.41, 5.74) is 11.3. The van der Waals surface area contributed by atoms with E-state index >= 15 is 0 Å². The summed E-state index contributed by atoms with van der Waals surface area (Å²) in [7, 11) is 0. The third kappa shape index (κ3) is 4.22. The quantitative estimate of drug-likeness (QED) is 0.581. The number of hydrogen-bond acceptors (Lipinski definition) is 4. The minimum absolute atomic E-state index is 0.584. The molecule has 0 radical (unpaired) electrons. The van der Waals surface area contributed by atoms with E-state index in [9.17, 15) is 0 Å². The van der Waals surface area contributed by atoms with Crippen molar-refractivity contribution in [2.24, 2.45) is 5.73 Å². The zero-order valence-corrected chi connectivity index (χ0v) is 17.3. The van der Waals surface area contributed by atoms with Gasteiger partial charge in [-0.05, 0) is 54.0 Å². The molecule has 0 saturated heterocycles. The summed E-state index contributed by atoms with van der Waals surface area (Å²) in [4.78, 5) is 5.12. The smallest absolute Gasteiger partial charge is 0.0388 e. The molecule has 2 aromatic rings. The van der Waals surface area contributed by atoms with Crippen LogP contribution >= 0.6 is 27.7 Å². The number of likely N-dealkylation sites (N-methyl/N-ethyl adjacent to an activating group) is 1. The molecule has 1 aliphatic heterocycles. The van der Waals surface area contributed by atoms with Crippen molar-refractivity contribution in [2.75, 3.05) is 31.5 Å². The van der Waals surface area contributed by atoms with Crippen LogP contribution in [-0.2, 0) is 13.0 Å². The molecule has 0 bridgehead atoms. The Bertz CT molecular complexity index is 744. The number of nitrogens with one attached hydrogen (secondary N) is 1. The summed E-state index contributed by atoms with van der Waals surface area (Å²) in [5.74, 6) is 0. The van der Waals surface area contributed by atoms with Crippen molar-refractivity contribution in [3.63, 3.8) is 0 Å². The van der Waals surface area contributed by atoms with Gasteiger partial charge >= 0.3 is 0 Å². The Morgan fingerprint density at radius 2 is 2.00 bits per heavy atom. The Labute approximate surface area is 163 Å². The molecule has 1 aliphatic rings. The van der Waals surface area contributed by atoms with E-state index in [0.717, 1.165) is 37.1 Å². The van der Waals surface area contributed by atoms with Crippen molar-refractivity contribution < 1.29 is 0 Å². The third-order valence-electron chi connectivity index (χ3n) is 4.80. The van der Waals surface area contributed by atoms with Crippen LogP contribution in [0.1, 0.15) is 30.5 Å². The predicted molar refractivity (Wildman–Crippen MR) is 112 cm³/mol. The van der Waals surface area contributed by atoms with Crippen LogP contribution in [0.25, 0.3) is 0 Å². The van der Waals surface area contributed by atoms with Gasteiger partial charge in [-0.3, -0.25) is 0 Å². The van der Waals surface area contributed by atoms with Crippen molar-refractivity contribution in [2.45, 2.75) is 36.6 Å². The van der Waals surface area contributed by atoms with Gasteiger partial charge in [-0.2, -0.15) is 0 Å². The van der Waals surface area contributed by atoms with Gasteiger partial charge in [0.25, 0.3) is 0 Å². The van der Waals surface area contributed by atoms with E-state index in [1.807, 2.05) is 11.8 Å². The number of benzene rings is 2. The highest BCUT2D eigenvalue weighted by Gasteiger charge is 2.21. The zero-order valence-electron chi connectivity index (χ0n) is 14.9. The van der Waals surface area contributed by atoms with E-state index in [1.54, 1.807) is 0 Å². The Balaban J connectivity index is 1.85. The van der Waals surface area contributed by atoms with Gasteiger partial charge < -0.3 is 16.0 Å². The highest BCUT2D eigenvalue weighted by Crippen LogP contribution is 2.44. The number of halogens is 1. The fourth-order valence-electron chi connectivity index (χ4n) is 3.28. The Kier molecular flexibility index (Phi) is 6.44. The Hall–Kier alpha value is -1.01. The number of nitrogens with two attached hydrogens (primary N) is 1. The monoisotopic (exact) mass is 419 g/mol. The normalized spacial score (nSPS) is 12.8. The number of nitrogens with zero attached hydrogens (tertiary/aromatic N) is 1. The second-order valence-electron chi connectivity index (χ2n) is 6.27. The van der Waals surface area contributed by atoms with Gasteiger partial charge in [-0.15, -0.1) is 0 Å². The first-order chi connectivity index (χ1) is 12.2. The van der Waals surface area contributed by atoms with Crippen molar-refractivity contribution in [1.29, 1.82) is 0 Å². The molecule has 3 rings (SSSR count). The number of fused-ring (bicyclic) bond motifs is 2. The molecule has 0 saturated carbocycles. The molecule has 25 heavy (non-hydrogen) atoms. The SMILES string of the molecule is CCN(CC)CCNc1ccc(CN)c2c1Cc1cc(Br)ccc1S2. The van der Waals surface area contributed by atoms with E-state index in [2.05, 4.69) is 70.3 Å². The first-order valence-electron chi connectivity index (χ1n) is 8.93. The average Bonchev–Trinajstić information content (AvgIpc) is 2.63. The first kappa shape index (κ1) is 18.8. The van der Waals surface area contributed by atoms with Crippen molar-refractivity contribution >= 4 is 33.4 Å². The lowest BCUT2D eigenvalue weighted by Gasteiger charge is -2.25. The highest BCUT2D eigenvalue weighted by atomic mass is 79.9. The molecule has 0 atom stereocenters. The lowest BCUT2D eigenvalue weighted by atomic mass is 9.99. The number of anilines is 1. The van der Waals surface area contributed by atoms with Crippen LogP contribution in [0.5, 0.6) is 0 Å². The van der Waals surface area contributed by atoms with Crippen LogP contribution in [0.2, 0.25) is 0 Å². The van der Waals surface area contributed by atoms with Crippen molar-refractivity contribution in [1.82, 2.24) is 4.90 Å². The molecular weight excluding hydrogens is 394 g/mol. The average molecular weight is 420 g/mol. The maximum absolute atomic E-state index is 6.00. The number of hydrogen-bond donors (Lipinski definition) is 2. The van der Waals surface area contributed by atoms with Crippen LogP contribution in [0.15, 0.2) is 44.6 Å². The minimum Gasteiger partial charge on any atom is -0.383 e. The summed E-state index contributed by atoms with van der Waals surface area (Å²) in [6.07, 6.45) is 0.957. The fourth-order valence-corrected chi connectivity index (χ4v) is 4.89. The van der Waals surface area contributed by atoms with Gasteiger partial charge in [0.15, 0.2) is 0 Å². The van der Waals surface area contributed by atoms with E-state index < -0.39 is 0 Å². The van der Waals surface area contributed by atoms with Crippen LogP contribution in [0, 0.1) is 0 Å². The molecule has 0 fully saturated rings. The summed E-state index contributed by atoms with van der Waals surface area (Å²) < 4.78 is 1.14. The van der Waals surface area contributed by atoms with Crippen LogP contribution < -0.4 is 11.1 Å². The lowest BCUT2D eigenvalue weighted by Crippen LogP contribution is -2.28. The Morgan fingerprint density at radius 3 is 2.72 bits per heavy atom. The highest BCUT2D eigenvalue weighted by molar-refractivity contribution is 9.10. The van der Waals surface area contributed by atoms with E-state index in [1.165, 1.54) is 32.2 Å². The largest absolute Gasteiger partial charge is 0.383 e. The van der Waals surface area contributed by atoms with Gasteiger partial charge in [0.1, 0.15) is 0 Å². The van der Waals surface area contributed by atoms with Gasteiger partial charge in [-0.1, -0.05) is 47.6 Å². The van der Waals surface area contributed by atoms with Gasteiger partial charge in [0.2, 0.25) is 0 Å². The fraction of sp³-hybridized carbons (Fsp3) is 0.400. The summed E-state index contributed by atoms with van der Waals surface area (Å²) >= 11 is 5.45. The standard InChI is InChI=1S/C20H26BrN3S/c1-3-24(4-2)10-9-23-18-7-5-14(13-22)20-17(18)12-15-11-16(21)6-8-19(15)25-20/h5-8,11,23H,3-4,9-10,12-13,22H2,1-2H3. The molecule has 0 aliphatic carbocycles. The second-order valence-corrected chi connectivity index (χ2v) is 8.24. The van der Waals surface area contributed by atoms with Crippen molar-refractivity contribution in [3.8, 4) is 0 Å². The number of rotatable bonds is 7. The summed E-state index contributed by atoms with van der Waals surface area (Å²) in [6, 6.07) is 10.9. The maximum Gasteiger partial charge on any atom is 0.0388 e. The second kappa shape index (κ2) is 8.58. The molecule has 5 heteroatoms. The van der Waals surface area contributed by atoms with E-state index in [-0.39, 0.29) is 0 Å². The molecule has 2 aromatic carbocycles. The molecule has 3 nitrogen and oxygen atoms in total. The van der Waals surface area contributed by atoms with E-state index in [0.29, 0.717) is 6.54 Å². The molecule has 0 amide bonds. The molecule has 0 aromatic heterocycles. The van der Waals surface area contributed by atoms with Gasteiger partial charge in [0, 0.05) is 46.0 Å².